The van der Waals surface area contributed by atoms with Gasteiger partial charge in [-0.1, -0.05) is 18.9 Å². The lowest BCUT2D eigenvalue weighted by Crippen LogP contribution is -2.21. The van der Waals surface area contributed by atoms with Crippen molar-refractivity contribution in [3.63, 3.8) is 0 Å². The molecule has 2 rings (SSSR count). The van der Waals surface area contributed by atoms with Crippen LogP contribution in [0.25, 0.3) is 0 Å². The molecule has 0 bridgehead atoms. The minimum absolute atomic E-state index is 0.112. The van der Waals surface area contributed by atoms with E-state index in [1.54, 1.807) is 7.11 Å². The summed E-state index contributed by atoms with van der Waals surface area (Å²) in [7, 11) is 1.71. The maximum absolute atomic E-state index is 13.7. The summed E-state index contributed by atoms with van der Waals surface area (Å²) in [6, 6.07) is 3.32. The third kappa shape index (κ3) is 6.54. The molecule has 1 aliphatic carbocycles. The van der Waals surface area contributed by atoms with Crippen LogP contribution < -0.4 is 0 Å². The van der Waals surface area contributed by atoms with Crippen LogP contribution in [-0.2, 0) is 15.7 Å². The van der Waals surface area contributed by atoms with E-state index in [1.165, 1.54) is 6.07 Å². The zero-order chi connectivity index (χ0) is 19.0. The smallest absolute Gasteiger partial charge is 0.385 e. The van der Waals surface area contributed by atoms with Crippen molar-refractivity contribution in [3.8, 4) is 0 Å². The molecule has 0 heterocycles. The van der Waals surface area contributed by atoms with Crippen molar-refractivity contribution >= 4 is 0 Å². The molecule has 0 N–H and O–H groups in total. The van der Waals surface area contributed by atoms with Gasteiger partial charge in [-0.3, -0.25) is 0 Å². The quantitative estimate of drug-likeness (QED) is 0.383. The van der Waals surface area contributed by atoms with E-state index < -0.39 is 17.6 Å². The Morgan fingerprint density at radius 2 is 1.62 bits per heavy atom. The van der Waals surface area contributed by atoms with E-state index in [9.17, 15) is 17.6 Å². The van der Waals surface area contributed by atoms with E-state index in [4.69, 9.17) is 9.47 Å². The number of unbranched alkanes of at least 4 members (excludes halogenated alkanes) is 3. The summed E-state index contributed by atoms with van der Waals surface area (Å²) in [5.74, 6) is -1.07. The molecule has 0 aliphatic heterocycles. The Bertz CT molecular complexity index is 537. The van der Waals surface area contributed by atoms with Gasteiger partial charge in [0.05, 0.1) is 11.7 Å². The average molecular weight is 376 g/mol. The largest absolute Gasteiger partial charge is 0.419 e. The number of ether oxygens (including phenoxy) is 2. The summed E-state index contributed by atoms with van der Waals surface area (Å²) in [4.78, 5) is 0. The van der Waals surface area contributed by atoms with E-state index in [1.807, 2.05) is 0 Å². The molecule has 0 saturated heterocycles. The molecule has 1 aromatic carbocycles. The fourth-order valence-electron chi connectivity index (χ4n) is 3.53. The van der Waals surface area contributed by atoms with Crippen molar-refractivity contribution in [2.24, 2.45) is 0 Å². The highest BCUT2D eigenvalue weighted by atomic mass is 19.4. The Morgan fingerprint density at radius 1 is 0.962 bits per heavy atom. The molecular weight excluding hydrogens is 348 g/mol. The molecule has 0 amide bonds. The Labute approximate surface area is 152 Å². The van der Waals surface area contributed by atoms with Crippen LogP contribution in [-0.4, -0.2) is 26.4 Å². The zero-order valence-corrected chi connectivity index (χ0v) is 15.3. The van der Waals surface area contributed by atoms with E-state index >= 15 is 0 Å². The molecule has 148 valence electrons. The molecule has 0 atom stereocenters. The predicted molar refractivity (Wildman–Crippen MR) is 92.7 cm³/mol. The lowest BCUT2D eigenvalue weighted by atomic mass is 9.82. The van der Waals surface area contributed by atoms with Gasteiger partial charge in [0.1, 0.15) is 5.82 Å². The van der Waals surface area contributed by atoms with Gasteiger partial charge in [0.2, 0.25) is 0 Å². The summed E-state index contributed by atoms with van der Waals surface area (Å²) in [5, 5.41) is 0. The van der Waals surface area contributed by atoms with Crippen LogP contribution in [0.1, 0.15) is 68.4 Å². The number of hydrogen-bond donors (Lipinski definition) is 0. The molecule has 0 aromatic heterocycles. The molecule has 1 saturated carbocycles. The van der Waals surface area contributed by atoms with Crippen LogP contribution in [0.5, 0.6) is 0 Å². The molecule has 2 nitrogen and oxygen atoms in total. The number of halogens is 4. The topological polar surface area (TPSA) is 18.5 Å². The maximum atomic E-state index is 13.7. The SMILES string of the molecule is COCCCCCCOC1CCC(c2ccc(C(F)(F)F)c(F)c2)CC1. The van der Waals surface area contributed by atoms with Crippen molar-refractivity contribution in [2.45, 2.75) is 69.6 Å². The predicted octanol–water partition coefficient (Wildman–Crippen LogP) is 6.09. The van der Waals surface area contributed by atoms with E-state index in [2.05, 4.69) is 0 Å². The Morgan fingerprint density at radius 3 is 2.19 bits per heavy atom. The van der Waals surface area contributed by atoms with E-state index in [0.29, 0.717) is 5.56 Å². The molecule has 0 spiro atoms. The summed E-state index contributed by atoms with van der Waals surface area (Å²) >= 11 is 0. The van der Waals surface area contributed by atoms with Crippen molar-refractivity contribution in [1.82, 2.24) is 0 Å². The summed E-state index contributed by atoms with van der Waals surface area (Å²) in [6.45, 7) is 1.55. The van der Waals surface area contributed by atoms with Crippen LogP contribution in [0.4, 0.5) is 17.6 Å². The number of hydrogen-bond acceptors (Lipinski definition) is 2. The normalized spacial score (nSPS) is 21.1. The highest BCUT2D eigenvalue weighted by Crippen LogP contribution is 2.37. The fraction of sp³-hybridized carbons (Fsp3) is 0.700. The molecule has 6 heteroatoms. The van der Waals surface area contributed by atoms with Gasteiger partial charge < -0.3 is 9.47 Å². The standard InChI is InChI=1S/C20H28F4O2/c1-25-12-4-2-3-5-13-26-17-9-6-15(7-10-17)16-8-11-18(19(21)14-16)20(22,23)24/h8,11,14-15,17H,2-7,9-10,12-13H2,1H3. The molecule has 1 aromatic rings. The van der Waals surface area contributed by atoms with E-state index in [0.717, 1.165) is 76.7 Å². The van der Waals surface area contributed by atoms with Crippen molar-refractivity contribution in [1.29, 1.82) is 0 Å². The lowest BCUT2D eigenvalue weighted by Gasteiger charge is -2.29. The average Bonchev–Trinajstić information content (AvgIpc) is 2.60. The first-order valence-electron chi connectivity index (χ1n) is 9.39. The zero-order valence-electron chi connectivity index (χ0n) is 15.3. The van der Waals surface area contributed by atoms with Crippen molar-refractivity contribution < 1.29 is 27.0 Å². The van der Waals surface area contributed by atoms with Gasteiger partial charge in [0.25, 0.3) is 0 Å². The van der Waals surface area contributed by atoms with Gasteiger partial charge in [-0.15, -0.1) is 0 Å². The summed E-state index contributed by atoms with van der Waals surface area (Å²) in [5.41, 5.74) is -0.532. The third-order valence-corrected chi connectivity index (χ3v) is 5.04. The van der Waals surface area contributed by atoms with Gasteiger partial charge in [-0.25, -0.2) is 4.39 Å². The molecule has 0 radical (unpaired) electrons. The minimum Gasteiger partial charge on any atom is -0.385 e. The molecule has 1 fully saturated rings. The Balaban J connectivity index is 1.71. The van der Waals surface area contributed by atoms with Crippen molar-refractivity contribution in [3.05, 3.63) is 35.1 Å². The lowest BCUT2D eigenvalue weighted by molar-refractivity contribution is -0.140. The molecule has 26 heavy (non-hydrogen) atoms. The highest BCUT2D eigenvalue weighted by Gasteiger charge is 2.34. The first-order valence-corrected chi connectivity index (χ1v) is 9.39. The number of alkyl halides is 3. The highest BCUT2D eigenvalue weighted by molar-refractivity contribution is 5.29. The first-order chi connectivity index (χ1) is 12.4. The Hall–Kier alpha value is -1.14. The van der Waals surface area contributed by atoms with Gasteiger partial charge in [0, 0.05) is 20.3 Å². The molecular formula is C20H28F4O2. The molecule has 0 unspecified atom stereocenters. The summed E-state index contributed by atoms with van der Waals surface area (Å²) < 4.78 is 62.6. The number of benzene rings is 1. The number of methoxy groups -OCH3 is 1. The van der Waals surface area contributed by atoms with Gasteiger partial charge in [0.15, 0.2) is 0 Å². The second-order valence-corrected chi connectivity index (χ2v) is 6.99. The van der Waals surface area contributed by atoms with Crippen molar-refractivity contribution in [2.75, 3.05) is 20.3 Å². The van der Waals surface area contributed by atoms with E-state index in [-0.39, 0.29) is 12.0 Å². The second-order valence-electron chi connectivity index (χ2n) is 6.99. The van der Waals surface area contributed by atoms with Crippen LogP contribution in [0, 0.1) is 5.82 Å². The van der Waals surface area contributed by atoms with Gasteiger partial charge in [-0.2, -0.15) is 13.2 Å². The fourth-order valence-corrected chi connectivity index (χ4v) is 3.53. The second kappa shape index (κ2) is 10.3. The third-order valence-electron chi connectivity index (χ3n) is 5.04. The first kappa shape index (κ1) is 21.2. The van der Waals surface area contributed by atoms with Crippen LogP contribution >= 0.6 is 0 Å². The monoisotopic (exact) mass is 376 g/mol. The van der Waals surface area contributed by atoms with Gasteiger partial charge >= 0.3 is 6.18 Å². The van der Waals surface area contributed by atoms with Gasteiger partial charge in [-0.05, 0) is 62.1 Å². The summed E-state index contributed by atoms with van der Waals surface area (Å²) in [6.07, 6.45) is 3.34. The van der Waals surface area contributed by atoms with Crippen LogP contribution in [0.15, 0.2) is 18.2 Å². The Kier molecular flexibility index (Phi) is 8.35. The molecule has 1 aliphatic rings. The van der Waals surface area contributed by atoms with Crippen LogP contribution in [0.3, 0.4) is 0 Å². The van der Waals surface area contributed by atoms with Crippen LogP contribution in [0.2, 0.25) is 0 Å². The number of rotatable bonds is 9. The maximum Gasteiger partial charge on any atom is 0.419 e. The minimum atomic E-state index is -4.64.